The van der Waals surface area contributed by atoms with Gasteiger partial charge in [-0.05, 0) is 67.3 Å². The van der Waals surface area contributed by atoms with Crippen LogP contribution in [0.4, 0.5) is 0 Å². The number of carboxylic acid groups (broad SMARTS) is 1. The van der Waals surface area contributed by atoms with Gasteiger partial charge in [0.05, 0.1) is 5.41 Å². The first-order chi connectivity index (χ1) is 15.1. The molecule has 3 nitrogen and oxygen atoms in total. The van der Waals surface area contributed by atoms with Crippen LogP contribution in [-0.4, -0.2) is 21.4 Å². The summed E-state index contributed by atoms with van der Waals surface area (Å²) in [5, 5.41) is 11.8. The van der Waals surface area contributed by atoms with E-state index in [4.69, 9.17) is 11.6 Å². The molecule has 0 aliphatic rings. The number of carboxylic acids is 1. The van der Waals surface area contributed by atoms with Crippen molar-refractivity contribution in [1.29, 1.82) is 0 Å². The maximum Gasteiger partial charge on any atom is 0.309 e. The van der Waals surface area contributed by atoms with Crippen LogP contribution < -0.4 is 0 Å². The molecule has 0 aliphatic carbocycles. The fourth-order valence-corrected chi connectivity index (χ4v) is 5.29. The number of nitrogens with zero attached hydrogens (tertiary/aromatic N) is 1. The first kappa shape index (κ1) is 24.7. The molecular weight excluding hydrogens is 438 g/mol. The van der Waals surface area contributed by atoms with Crippen molar-refractivity contribution in [2.45, 2.75) is 71.2 Å². The SMILES string of the molecule is CCCCSc1c(CC(C)(C)C(=O)O)n(Cc2ccc(Cl)cc2)c2ccc(C(C)C)cc12. The Morgan fingerprint density at radius 2 is 1.84 bits per heavy atom. The van der Waals surface area contributed by atoms with E-state index in [1.165, 1.54) is 21.4 Å². The van der Waals surface area contributed by atoms with Crippen molar-refractivity contribution < 1.29 is 9.90 Å². The molecule has 2 aromatic carbocycles. The maximum absolute atomic E-state index is 12.0. The van der Waals surface area contributed by atoms with Gasteiger partial charge in [0.2, 0.25) is 0 Å². The van der Waals surface area contributed by atoms with E-state index in [1.807, 2.05) is 49.9 Å². The summed E-state index contributed by atoms with van der Waals surface area (Å²) in [6.07, 6.45) is 2.76. The fourth-order valence-electron chi connectivity index (χ4n) is 3.86. The Kier molecular flexibility index (Phi) is 8.00. The zero-order chi connectivity index (χ0) is 23.5. The Balaban J connectivity index is 2.22. The molecule has 0 bridgehead atoms. The monoisotopic (exact) mass is 471 g/mol. The predicted molar refractivity (Wildman–Crippen MR) is 137 cm³/mol. The summed E-state index contributed by atoms with van der Waals surface area (Å²) in [6, 6.07) is 14.7. The van der Waals surface area contributed by atoms with Crippen LogP contribution in [0.5, 0.6) is 0 Å². The summed E-state index contributed by atoms with van der Waals surface area (Å²) in [6.45, 7) is 11.0. The number of hydrogen-bond acceptors (Lipinski definition) is 2. The Hall–Kier alpha value is -1.91. The second-order valence-electron chi connectivity index (χ2n) is 9.49. The van der Waals surface area contributed by atoms with Crippen LogP contribution in [0, 0.1) is 5.41 Å². The van der Waals surface area contributed by atoms with Gasteiger partial charge in [-0.1, -0.05) is 57.0 Å². The van der Waals surface area contributed by atoms with E-state index in [9.17, 15) is 9.90 Å². The molecule has 0 atom stereocenters. The van der Waals surface area contributed by atoms with E-state index in [2.05, 4.69) is 43.5 Å². The molecule has 0 saturated heterocycles. The van der Waals surface area contributed by atoms with Crippen LogP contribution >= 0.6 is 23.4 Å². The van der Waals surface area contributed by atoms with E-state index in [-0.39, 0.29) is 0 Å². The topological polar surface area (TPSA) is 42.2 Å². The fraction of sp³-hybridized carbons (Fsp3) is 0.444. The number of carbonyl (C=O) groups is 1. The van der Waals surface area contributed by atoms with Crippen LogP contribution in [0.25, 0.3) is 10.9 Å². The van der Waals surface area contributed by atoms with Gasteiger partial charge < -0.3 is 9.67 Å². The second-order valence-corrected chi connectivity index (χ2v) is 11.0. The lowest BCUT2D eigenvalue weighted by atomic mass is 9.88. The van der Waals surface area contributed by atoms with Crippen molar-refractivity contribution in [2.75, 3.05) is 5.75 Å². The smallest absolute Gasteiger partial charge is 0.309 e. The van der Waals surface area contributed by atoms with Gasteiger partial charge in [0, 0.05) is 39.5 Å². The zero-order valence-corrected chi connectivity index (χ0v) is 21.3. The van der Waals surface area contributed by atoms with E-state index in [1.54, 1.807) is 0 Å². The number of thioether (sulfide) groups is 1. The number of rotatable bonds is 10. The molecule has 0 radical (unpaired) electrons. The molecule has 0 fully saturated rings. The molecule has 0 spiro atoms. The van der Waals surface area contributed by atoms with E-state index < -0.39 is 11.4 Å². The van der Waals surface area contributed by atoms with E-state index >= 15 is 0 Å². The zero-order valence-electron chi connectivity index (χ0n) is 19.7. The van der Waals surface area contributed by atoms with Crippen molar-refractivity contribution in [3.05, 3.63) is 64.3 Å². The number of aromatic nitrogens is 1. The summed E-state index contributed by atoms with van der Waals surface area (Å²) < 4.78 is 2.32. The minimum Gasteiger partial charge on any atom is -0.481 e. The van der Waals surface area contributed by atoms with Gasteiger partial charge >= 0.3 is 5.97 Å². The van der Waals surface area contributed by atoms with E-state index in [0.29, 0.717) is 18.9 Å². The minimum atomic E-state index is -0.854. The van der Waals surface area contributed by atoms with Gasteiger partial charge in [-0.3, -0.25) is 4.79 Å². The van der Waals surface area contributed by atoms with Crippen molar-refractivity contribution in [3.63, 3.8) is 0 Å². The van der Waals surface area contributed by atoms with Crippen LogP contribution in [0.1, 0.15) is 70.2 Å². The number of unbranched alkanes of at least 4 members (excludes halogenated alkanes) is 1. The van der Waals surface area contributed by atoms with Crippen molar-refractivity contribution >= 4 is 40.2 Å². The maximum atomic E-state index is 12.0. The third kappa shape index (κ3) is 5.52. The molecule has 5 heteroatoms. The number of fused-ring (bicyclic) bond motifs is 1. The lowest BCUT2D eigenvalue weighted by Gasteiger charge is -2.22. The highest BCUT2D eigenvalue weighted by Crippen LogP contribution is 2.40. The van der Waals surface area contributed by atoms with Crippen LogP contribution in [0.2, 0.25) is 5.02 Å². The quantitative estimate of drug-likeness (QED) is 0.240. The highest BCUT2D eigenvalue weighted by molar-refractivity contribution is 7.99. The Morgan fingerprint density at radius 1 is 1.16 bits per heavy atom. The number of hydrogen-bond donors (Lipinski definition) is 1. The summed E-state index contributed by atoms with van der Waals surface area (Å²) in [7, 11) is 0. The number of halogens is 1. The second kappa shape index (κ2) is 10.4. The summed E-state index contributed by atoms with van der Waals surface area (Å²) in [4.78, 5) is 13.3. The first-order valence-electron chi connectivity index (χ1n) is 11.4. The minimum absolute atomic E-state index is 0.436. The lowest BCUT2D eigenvalue weighted by molar-refractivity contribution is -0.146. The summed E-state index contributed by atoms with van der Waals surface area (Å²) >= 11 is 7.98. The normalized spacial score (nSPS) is 12.1. The molecule has 0 aliphatic heterocycles. The number of benzene rings is 2. The number of aliphatic carboxylic acids is 1. The molecule has 172 valence electrons. The molecule has 1 heterocycles. The largest absolute Gasteiger partial charge is 0.481 e. The summed E-state index contributed by atoms with van der Waals surface area (Å²) in [5.41, 5.74) is 3.89. The molecule has 1 N–H and O–H groups in total. The molecule has 0 saturated carbocycles. The molecule has 1 aromatic heterocycles. The first-order valence-corrected chi connectivity index (χ1v) is 12.8. The molecular formula is C27H34ClNO2S. The summed E-state index contributed by atoms with van der Waals surface area (Å²) in [5.74, 6) is 0.697. The third-order valence-electron chi connectivity index (χ3n) is 6.00. The highest BCUT2D eigenvalue weighted by atomic mass is 35.5. The van der Waals surface area contributed by atoms with Gasteiger partial charge in [-0.15, -0.1) is 11.8 Å². The van der Waals surface area contributed by atoms with Crippen LogP contribution in [0.15, 0.2) is 47.4 Å². The highest BCUT2D eigenvalue weighted by Gasteiger charge is 2.31. The van der Waals surface area contributed by atoms with Gasteiger partial charge in [0.15, 0.2) is 0 Å². The predicted octanol–water partition coefficient (Wildman–Crippen LogP) is 8.01. The average molecular weight is 472 g/mol. The van der Waals surface area contributed by atoms with Gasteiger partial charge in [-0.2, -0.15) is 0 Å². The van der Waals surface area contributed by atoms with Gasteiger partial charge in [-0.25, -0.2) is 0 Å². The van der Waals surface area contributed by atoms with Crippen molar-refractivity contribution in [2.24, 2.45) is 5.41 Å². The van der Waals surface area contributed by atoms with Crippen molar-refractivity contribution in [3.8, 4) is 0 Å². The third-order valence-corrected chi connectivity index (χ3v) is 7.49. The molecule has 3 aromatic rings. The van der Waals surface area contributed by atoms with Crippen LogP contribution in [0.3, 0.4) is 0 Å². The molecule has 0 unspecified atom stereocenters. The van der Waals surface area contributed by atoms with Crippen molar-refractivity contribution in [1.82, 2.24) is 4.57 Å². The van der Waals surface area contributed by atoms with Gasteiger partial charge in [0.25, 0.3) is 0 Å². The Bertz CT molecular complexity index is 1080. The van der Waals surface area contributed by atoms with Gasteiger partial charge in [0.1, 0.15) is 0 Å². The van der Waals surface area contributed by atoms with E-state index in [0.717, 1.165) is 34.9 Å². The average Bonchev–Trinajstić information content (AvgIpc) is 3.01. The van der Waals surface area contributed by atoms with Crippen LogP contribution in [-0.2, 0) is 17.8 Å². The lowest BCUT2D eigenvalue weighted by Crippen LogP contribution is -2.27. The molecule has 3 rings (SSSR count). The Labute approximate surface area is 201 Å². The molecule has 0 amide bonds. The Morgan fingerprint density at radius 3 is 2.44 bits per heavy atom. The molecule has 32 heavy (non-hydrogen) atoms. The standard InChI is InChI=1S/C27H34ClNO2S/c1-6-7-14-32-25-22-15-20(18(2)3)10-13-23(22)29(17-19-8-11-21(28)12-9-19)24(25)16-27(4,5)26(30)31/h8-13,15,18H,6-7,14,16-17H2,1-5H3,(H,30,31).